The lowest BCUT2D eigenvalue weighted by Crippen LogP contribution is -2.06. The fourth-order valence-electron chi connectivity index (χ4n) is 3.04. The lowest BCUT2D eigenvalue weighted by molar-refractivity contribution is 0.294. The Bertz CT molecular complexity index is 1020. The van der Waals surface area contributed by atoms with E-state index >= 15 is 0 Å². The zero-order chi connectivity index (χ0) is 20.6. The lowest BCUT2D eigenvalue weighted by atomic mass is 10.1. The van der Waals surface area contributed by atoms with E-state index in [-0.39, 0.29) is 5.76 Å². The second-order valence-electron chi connectivity index (χ2n) is 6.86. The van der Waals surface area contributed by atoms with E-state index in [4.69, 9.17) is 9.47 Å². The van der Waals surface area contributed by atoms with Crippen molar-refractivity contribution >= 4 is 17.5 Å². The Kier molecular flexibility index (Phi) is 6.72. The Hall–Kier alpha value is -3.18. The Morgan fingerprint density at radius 3 is 2.43 bits per heavy atom. The van der Waals surface area contributed by atoms with Crippen LogP contribution >= 0.6 is 11.8 Å². The summed E-state index contributed by atoms with van der Waals surface area (Å²) >= 11 is 1.64. The van der Waals surface area contributed by atoms with Crippen LogP contribution in [0.1, 0.15) is 16.7 Å². The van der Waals surface area contributed by atoms with Gasteiger partial charge >= 0.3 is 0 Å². The summed E-state index contributed by atoms with van der Waals surface area (Å²) in [5.41, 5.74) is 3.27. The van der Waals surface area contributed by atoms with Crippen molar-refractivity contribution in [3.05, 3.63) is 113 Å². The van der Waals surface area contributed by atoms with Gasteiger partial charge in [0.05, 0.1) is 4.91 Å². The van der Waals surface area contributed by atoms with Crippen LogP contribution < -0.4 is 4.74 Å². The van der Waals surface area contributed by atoms with Gasteiger partial charge < -0.3 is 14.6 Å². The van der Waals surface area contributed by atoms with E-state index in [0.717, 1.165) is 34.0 Å². The molecule has 0 amide bonds. The van der Waals surface area contributed by atoms with Gasteiger partial charge in [-0.2, -0.15) is 0 Å². The lowest BCUT2D eigenvalue weighted by Gasteiger charge is -2.19. The zero-order valence-corrected chi connectivity index (χ0v) is 17.3. The summed E-state index contributed by atoms with van der Waals surface area (Å²) in [5, 5.41) is 10.4. The molecule has 4 nitrogen and oxygen atoms in total. The van der Waals surface area contributed by atoms with Gasteiger partial charge in [0.15, 0.2) is 0 Å². The molecule has 0 bridgehead atoms. The van der Waals surface area contributed by atoms with Crippen LogP contribution in [-0.4, -0.2) is 22.5 Å². The number of aliphatic hydroxyl groups excluding tert-OH is 1. The molecule has 0 spiro atoms. The molecule has 1 N–H and O–H groups in total. The van der Waals surface area contributed by atoms with Gasteiger partial charge in [0, 0.05) is 29.8 Å². The van der Waals surface area contributed by atoms with Gasteiger partial charge in [0.1, 0.15) is 30.5 Å². The molecule has 1 aliphatic rings. The highest BCUT2D eigenvalue weighted by Crippen LogP contribution is 2.31. The van der Waals surface area contributed by atoms with Crippen LogP contribution in [-0.2, 0) is 17.8 Å². The van der Waals surface area contributed by atoms with E-state index in [2.05, 4.69) is 17.1 Å². The molecule has 0 fully saturated rings. The summed E-state index contributed by atoms with van der Waals surface area (Å²) in [6.07, 6.45) is 6.16. The molecule has 2 heterocycles. The van der Waals surface area contributed by atoms with Crippen LogP contribution in [0.4, 0.5) is 0 Å². The highest BCUT2D eigenvalue weighted by Gasteiger charge is 2.16. The van der Waals surface area contributed by atoms with Crippen LogP contribution in [0, 0.1) is 0 Å². The molecule has 0 saturated heterocycles. The maximum Gasteiger partial charge on any atom is 0.132 e. The molecule has 0 unspecified atom stereocenters. The van der Waals surface area contributed by atoms with Gasteiger partial charge in [0.25, 0.3) is 0 Å². The molecule has 152 valence electrons. The summed E-state index contributed by atoms with van der Waals surface area (Å²) < 4.78 is 11.7. The number of allylic oxidation sites excluding steroid dienone is 1. The van der Waals surface area contributed by atoms with Gasteiger partial charge in [-0.15, -0.1) is 11.8 Å². The first-order chi connectivity index (χ1) is 14.8. The summed E-state index contributed by atoms with van der Waals surface area (Å²) in [4.78, 5) is 4.87. The largest absolute Gasteiger partial charge is 0.507 e. The smallest absolute Gasteiger partial charge is 0.132 e. The number of benzene rings is 2. The molecule has 0 radical (unpaired) electrons. The third-order valence-corrected chi connectivity index (χ3v) is 5.80. The number of aryl methyl sites for hydroxylation is 1. The van der Waals surface area contributed by atoms with Crippen molar-refractivity contribution in [1.82, 2.24) is 4.98 Å². The van der Waals surface area contributed by atoms with Gasteiger partial charge in [0.2, 0.25) is 0 Å². The van der Waals surface area contributed by atoms with Crippen molar-refractivity contribution < 1.29 is 14.6 Å². The van der Waals surface area contributed by atoms with Crippen LogP contribution in [0.5, 0.6) is 5.75 Å². The van der Waals surface area contributed by atoms with Crippen molar-refractivity contribution in [2.24, 2.45) is 0 Å². The number of nitrogens with zero attached hydrogens (tertiary/aromatic N) is 1. The van der Waals surface area contributed by atoms with Gasteiger partial charge in [-0.05, 0) is 53.9 Å². The number of rotatable bonds is 8. The Morgan fingerprint density at radius 1 is 0.933 bits per heavy atom. The van der Waals surface area contributed by atoms with Gasteiger partial charge in [-0.25, -0.2) is 0 Å². The second kappa shape index (κ2) is 10.0. The second-order valence-corrected chi connectivity index (χ2v) is 8.05. The molecular formula is C25H23NO3S. The minimum absolute atomic E-state index is 0.285. The number of aliphatic hydroxyl groups is 1. The maximum atomic E-state index is 10.4. The van der Waals surface area contributed by atoms with Crippen LogP contribution in [0.2, 0.25) is 0 Å². The van der Waals surface area contributed by atoms with Crippen LogP contribution in [0.15, 0.2) is 95.9 Å². The third-order valence-electron chi connectivity index (χ3n) is 4.72. The standard InChI is InChI=1S/C25H23NO3S/c27-23-16-24(29-18-25(23)30-15-12-19-4-2-1-3-5-19)21-6-8-22(9-7-21)28-17-20-10-13-26-14-11-20/h1-11,13-14,16,27H,12,15,17-18H2. The van der Waals surface area contributed by atoms with E-state index < -0.39 is 0 Å². The van der Waals surface area contributed by atoms with Crippen molar-refractivity contribution in [3.8, 4) is 5.75 Å². The fraction of sp³-hybridized carbons (Fsp3) is 0.160. The Morgan fingerprint density at radius 2 is 1.70 bits per heavy atom. The zero-order valence-electron chi connectivity index (χ0n) is 16.5. The summed E-state index contributed by atoms with van der Waals surface area (Å²) in [7, 11) is 0. The maximum absolute atomic E-state index is 10.4. The molecule has 2 aromatic carbocycles. The molecule has 0 aliphatic carbocycles. The first-order valence-electron chi connectivity index (χ1n) is 9.83. The van der Waals surface area contributed by atoms with Gasteiger partial charge in [-0.1, -0.05) is 30.3 Å². The van der Waals surface area contributed by atoms with Crippen molar-refractivity contribution in [2.45, 2.75) is 13.0 Å². The number of hydrogen-bond acceptors (Lipinski definition) is 5. The minimum Gasteiger partial charge on any atom is -0.507 e. The predicted molar refractivity (Wildman–Crippen MR) is 121 cm³/mol. The van der Waals surface area contributed by atoms with Crippen LogP contribution in [0.25, 0.3) is 5.76 Å². The average Bonchev–Trinajstić information content (AvgIpc) is 2.80. The van der Waals surface area contributed by atoms with Gasteiger partial charge in [-0.3, -0.25) is 4.98 Å². The molecule has 1 aliphatic heterocycles. The average molecular weight is 418 g/mol. The minimum atomic E-state index is 0.285. The normalized spacial score (nSPS) is 13.5. The third kappa shape index (κ3) is 5.45. The Labute approximate surface area is 180 Å². The molecule has 0 atom stereocenters. The molecule has 3 aromatic rings. The SMILES string of the molecule is OC1=C(SCCc2ccccc2)COC(c2ccc(OCc3ccncc3)cc2)=C1. The quantitative estimate of drug-likeness (QED) is 0.504. The van der Waals surface area contributed by atoms with Crippen molar-refractivity contribution in [1.29, 1.82) is 0 Å². The van der Waals surface area contributed by atoms with Crippen molar-refractivity contribution in [3.63, 3.8) is 0 Å². The van der Waals surface area contributed by atoms with Crippen molar-refractivity contribution in [2.75, 3.05) is 12.4 Å². The highest BCUT2D eigenvalue weighted by atomic mass is 32.2. The molecule has 1 aromatic heterocycles. The first-order valence-corrected chi connectivity index (χ1v) is 10.8. The molecular weight excluding hydrogens is 394 g/mol. The molecule has 5 heteroatoms. The van der Waals surface area contributed by atoms with E-state index in [9.17, 15) is 5.11 Å². The number of aromatic nitrogens is 1. The monoisotopic (exact) mass is 417 g/mol. The molecule has 0 saturated carbocycles. The topological polar surface area (TPSA) is 51.6 Å². The predicted octanol–water partition coefficient (Wildman–Crippen LogP) is 5.78. The first kappa shape index (κ1) is 20.1. The van der Waals surface area contributed by atoms with E-state index in [1.54, 1.807) is 30.2 Å². The van der Waals surface area contributed by atoms with Crippen LogP contribution in [0.3, 0.4) is 0 Å². The highest BCUT2D eigenvalue weighted by molar-refractivity contribution is 8.03. The van der Waals surface area contributed by atoms with E-state index in [0.29, 0.717) is 19.0 Å². The molecule has 30 heavy (non-hydrogen) atoms. The number of hydrogen-bond donors (Lipinski definition) is 1. The fourth-order valence-corrected chi connectivity index (χ4v) is 3.98. The van der Waals surface area contributed by atoms with E-state index in [1.807, 2.05) is 54.6 Å². The molecule has 4 rings (SSSR count). The summed E-state index contributed by atoms with van der Waals surface area (Å²) in [5.74, 6) is 2.64. The summed E-state index contributed by atoms with van der Waals surface area (Å²) in [6.45, 7) is 0.881. The number of pyridine rings is 1. The Balaban J connectivity index is 1.33. The summed E-state index contributed by atoms with van der Waals surface area (Å²) in [6, 6.07) is 21.9. The number of ether oxygens (including phenoxy) is 2. The van der Waals surface area contributed by atoms with E-state index in [1.165, 1.54) is 5.56 Å². The number of thioether (sulfide) groups is 1.